The Labute approximate surface area is 186 Å². The molecule has 0 spiro atoms. The van der Waals surface area contributed by atoms with Gasteiger partial charge >= 0.3 is 0 Å². The summed E-state index contributed by atoms with van der Waals surface area (Å²) in [5.41, 5.74) is 1.92. The van der Waals surface area contributed by atoms with Gasteiger partial charge < -0.3 is 5.32 Å². The number of carbonyl (C=O) groups excluding carboxylic acids is 3. The number of amides is 3. The van der Waals surface area contributed by atoms with E-state index in [0.717, 1.165) is 22.2 Å². The molecule has 1 aromatic heterocycles. The molecule has 0 radical (unpaired) electrons. The highest BCUT2D eigenvalue weighted by Crippen LogP contribution is 2.32. The summed E-state index contributed by atoms with van der Waals surface area (Å²) in [6.07, 6.45) is 3.10. The Morgan fingerprint density at radius 3 is 2.52 bits per heavy atom. The van der Waals surface area contributed by atoms with Crippen LogP contribution in [0.3, 0.4) is 0 Å². The zero-order valence-electron chi connectivity index (χ0n) is 15.9. The number of hydrogen-bond donors (Lipinski definition) is 1. The maximum absolute atomic E-state index is 12.5. The first-order valence-corrected chi connectivity index (χ1v) is 10.3. The minimum Gasteiger partial charge on any atom is -0.350 e. The molecule has 1 aliphatic rings. The number of hydrogen-bond acceptors (Lipinski definition) is 7. The van der Waals surface area contributed by atoms with Crippen molar-refractivity contribution >= 4 is 46.5 Å². The van der Waals surface area contributed by atoms with E-state index in [1.165, 1.54) is 11.0 Å². The predicted molar refractivity (Wildman–Crippen MR) is 116 cm³/mol. The van der Waals surface area contributed by atoms with E-state index >= 15 is 0 Å². The average molecular weight is 455 g/mol. The normalized spacial score (nSPS) is 15.0. The Bertz CT molecular complexity index is 1150. The maximum Gasteiger partial charge on any atom is 0.293 e. The maximum atomic E-state index is 12.5. The third-order valence-corrected chi connectivity index (χ3v) is 5.56. The first kappa shape index (κ1) is 20.8. The second-order valence-electron chi connectivity index (χ2n) is 6.44. The molecular weight excluding hydrogens is 440 g/mol. The van der Waals surface area contributed by atoms with Crippen molar-refractivity contribution in [1.29, 1.82) is 0 Å². The van der Waals surface area contributed by atoms with Crippen molar-refractivity contribution in [2.45, 2.75) is 0 Å². The van der Waals surface area contributed by atoms with E-state index in [1.807, 2.05) is 0 Å². The first-order valence-electron chi connectivity index (χ1n) is 9.14. The summed E-state index contributed by atoms with van der Waals surface area (Å²) in [5, 5.41) is 13.8. The van der Waals surface area contributed by atoms with Crippen LogP contribution < -0.4 is 5.32 Å². The van der Waals surface area contributed by atoms with Crippen molar-refractivity contribution in [2.24, 2.45) is 0 Å². The lowest BCUT2D eigenvalue weighted by Crippen LogP contribution is -2.37. The van der Waals surface area contributed by atoms with Gasteiger partial charge in [-0.25, -0.2) is 4.68 Å². The molecule has 1 N–H and O–H groups in total. The van der Waals surface area contributed by atoms with E-state index < -0.39 is 0 Å². The molecule has 1 fully saturated rings. The van der Waals surface area contributed by atoms with E-state index in [4.69, 9.17) is 11.6 Å². The number of carbonyl (C=O) groups is 3. The summed E-state index contributed by atoms with van der Waals surface area (Å²) in [6, 6.07) is 13.7. The van der Waals surface area contributed by atoms with Crippen molar-refractivity contribution < 1.29 is 14.4 Å². The number of rotatable bonds is 6. The second kappa shape index (κ2) is 9.11. The van der Waals surface area contributed by atoms with E-state index in [1.54, 1.807) is 54.6 Å². The lowest BCUT2D eigenvalue weighted by Gasteiger charge is -2.13. The number of nitrogens with zero attached hydrogens (tertiary/aromatic N) is 5. The topological polar surface area (TPSA) is 110 Å². The van der Waals surface area contributed by atoms with Gasteiger partial charge in [0.15, 0.2) is 0 Å². The Balaban J connectivity index is 1.32. The van der Waals surface area contributed by atoms with E-state index in [9.17, 15) is 14.4 Å². The third kappa shape index (κ3) is 4.81. The van der Waals surface area contributed by atoms with Gasteiger partial charge in [0.25, 0.3) is 17.1 Å². The number of imide groups is 1. The van der Waals surface area contributed by atoms with Gasteiger partial charge in [-0.3, -0.25) is 19.3 Å². The highest BCUT2D eigenvalue weighted by molar-refractivity contribution is 8.18. The van der Waals surface area contributed by atoms with Crippen LogP contribution in [0.2, 0.25) is 5.02 Å². The fourth-order valence-electron chi connectivity index (χ4n) is 2.83. The number of benzene rings is 2. The molecular formula is C20H15ClN6O3S. The van der Waals surface area contributed by atoms with Crippen LogP contribution in [-0.2, 0) is 4.79 Å². The molecule has 4 rings (SSSR count). The van der Waals surface area contributed by atoms with Gasteiger partial charge in [-0.15, -0.1) is 5.10 Å². The van der Waals surface area contributed by atoms with Gasteiger partial charge in [0.1, 0.15) is 6.33 Å². The van der Waals surface area contributed by atoms with E-state index in [2.05, 4.69) is 20.8 Å². The molecule has 1 saturated heterocycles. The van der Waals surface area contributed by atoms with Crippen LogP contribution in [0.1, 0.15) is 15.9 Å². The van der Waals surface area contributed by atoms with E-state index in [-0.39, 0.29) is 30.1 Å². The Hall–Kier alpha value is -3.50. The zero-order chi connectivity index (χ0) is 21.8. The van der Waals surface area contributed by atoms with Gasteiger partial charge in [0.2, 0.25) is 0 Å². The van der Waals surface area contributed by atoms with Gasteiger partial charge in [0, 0.05) is 23.7 Å². The molecule has 156 valence electrons. The molecule has 2 aromatic carbocycles. The Morgan fingerprint density at radius 2 is 1.84 bits per heavy atom. The Kier molecular flexibility index (Phi) is 6.10. The van der Waals surface area contributed by atoms with Gasteiger partial charge in [-0.2, -0.15) is 0 Å². The van der Waals surface area contributed by atoms with Crippen LogP contribution in [0.25, 0.3) is 11.8 Å². The smallest absolute Gasteiger partial charge is 0.293 e. The highest BCUT2D eigenvalue weighted by atomic mass is 35.5. The molecule has 0 unspecified atom stereocenters. The molecule has 0 bridgehead atoms. The minimum absolute atomic E-state index is 0.0804. The molecule has 9 nitrogen and oxygen atoms in total. The fourth-order valence-corrected chi connectivity index (χ4v) is 3.82. The lowest BCUT2D eigenvalue weighted by molar-refractivity contribution is -0.122. The van der Waals surface area contributed by atoms with Crippen LogP contribution in [0.5, 0.6) is 0 Å². The van der Waals surface area contributed by atoms with E-state index in [0.29, 0.717) is 21.2 Å². The number of thioether (sulfide) groups is 1. The van der Waals surface area contributed by atoms with Crippen molar-refractivity contribution in [3.63, 3.8) is 0 Å². The molecule has 0 aliphatic carbocycles. The monoisotopic (exact) mass is 454 g/mol. The molecule has 31 heavy (non-hydrogen) atoms. The summed E-state index contributed by atoms with van der Waals surface area (Å²) >= 11 is 6.73. The summed E-state index contributed by atoms with van der Waals surface area (Å²) in [7, 11) is 0. The molecule has 3 amide bonds. The van der Waals surface area contributed by atoms with Crippen molar-refractivity contribution in [3.05, 3.63) is 75.9 Å². The SMILES string of the molecule is O=C(NCCN1C(=O)S/C(=C\c2ccc(Cl)cc2)C1=O)c1ccc(-n2cnnn2)cc1. The fraction of sp³-hybridized carbons (Fsp3) is 0.100. The molecule has 11 heteroatoms. The Morgan fingerprint density at radius 1 is 1.10 bits per heavy atom. The minimum atomic E-state index is -0.384. The molecule has 2 heterocycles. The third-order valence-electron chi connectivity index (χ3n) is 4.41. The van der Waals surface area contributed by atoms with Crippen LogP contribution in [0, 0.1) is 0 Å². The van der Waals surface area contributed by atoms with Gasteiger partial charge in [-0.1, -0.05) is 23.7 Å². The number of halogens is 1. The predicted octanol–water partition coefficient (Wildman–Crippen LogP) is 2.78. The largest absolute Gasteiger partial charge is 0.350 e. The number of aromatic nitrogens is 4. The van der Waals surface area contributed by atoms with Crippen molar-refractivity contribution in [3.8, 4) is 5.69 Å². The zero-order valence-corrected chi connectivity index (χ0v) is 17.5. The van der Waals surface area contributed by atoms with Gasteiger partial charge in [-0.05, 0) is 70.2 Å². The molecule has 3 aromatic rings. The molecule has 0 atom stereocenters. The first-order chi connectivity index (χ1) is 15.0. The average Bonchev–Trinajstić information content (AvgIpc) is 3.40. The summed E-state index contributed by atoms with van der Waals surface area (Å²) in [5.74, 6) is -0.697. The van der Waals surface area contributed by atoms with Crippen LogP contribution in [-0.4, -0.2) is 55.3 Å². The van der Waals surface area contributed by atoms with Gasteiger partial charge in [0.05, 0.1) is 10.6 Å². The number of nitrogens with one attached hydrogen (secondary N) is 1. The van der Waals surface area contributed by atoms with Crippen LogP contribution in [0.4, 0.5) is 4.79 Å². The molecule has 0 saturated carbocycles. The highest BCUT2D eigenvalue weighted by Gasteiger charge is 2.34. The van der Waals surface area contributed by atoms with Crippen molar-refractivity contribution in [1.82, 2.24) is 30.4 Å². The van der Waals surface area contributed by atoms with Crippen molar-refractivity contribution in [2.75, 3.05) is 13.1 Å². The quantitative estimate of drug-likeness (QED) is 0.570. The van der Waals surface area contributed by atoms with Crippen LogP contribution in [0.15, 0.2) is 59.8 Å². The van der Waals surface area contributed by atoms with Crippen LogP contribution >= 0.6 is 23.4 Å². The second-order valence-corrected chi connectivity index (χ2v) is 7.87. The lowest BCUT2D eigenvalue weighted by atomic mass is 10.2. The summed E-state index contributed by atoms with van der Waals surface area (Å²) < 4.78 is 1.47. The summed E-state index contributed by atoms with van der Waals surface area (Å²) in [4.78, 5) is 38.5. The standard InChI is InChI=1S/C20H15ClN6O3S/c21-15-5-1-13(2-6-15)11-17-19(29)26(20(30)31-17)10-9-22-18(28)14-3-7-16(8-4-14)27-12-23-24-25-27/h1-8,11-12H,9-10H2,(H,22,28)/b17-11-. The summed E-state index contributed by atoms with van der Waals surface area (Å²) in [6.45, 7) is 0.219. The number of tetrazole rings is 1. The molecule has 1 aliphatic heterocycles.